The first-order valence-corrected chi connectivity index (χ1v) is 13.3. The molecule has 2 saturated heterocycles. The third-order valence-corrected chi connectivity index (χ3v) is 7.60. The van der Waals surface area contributed by atoms with Gasteiger partial charge in [-0.2, -0.15) is 4.98 Å². The van der Waals surface area contributed by atoms with Crippen LogP contribution in [-0.2, 0) is 6.54 Å². The molecule has 7 rings (SSSR count). The summed E-state index contributed by atoms with van der Waals surface area (Å²) in [4.78, 5) is 38.3. The van der Waals surface area contributed by atoms with Gasteiger partial charge >= 0.3 is 0 Å². The van der Waals surface area contributed by atoms with Gasteiger partial charge in [0, 0.05) is 56.1 Å². The highest BCUT2D eigenvalue weighted by atomic mass is 16.1. The van der Waals surface area contributed by atoms with Gasteiger partial charge in [0.1, 0.15) is 11.1 Å². The normalized spacial score (nSPS) is 18.2. The maximum absolute atomic E-state index is 13.3. The monoisotopic (exact) mass is 532 g/mol. The average Bonchev–Trinajstić information content (AvgIpc) is 3.67. The summed E-state index contributed by atoms with van der Waals surface area (Å²) in [5.41, 5.74) is 2.89. The molecule has 4 aromatic heterocycles. The number of benzene rings is 1. The van der Waals surface area contributed by atoms with E-state index in [4.69, 9.17) is 9.97 Å². The quantitative estimate of drug-likeness (QED) is 0.305. The van der Waals surface area contributed by atoms with Gasteiger partial charge in [0.2, 0.25) is 5.95 Å². The first-order valence-electron chi connectivity index (χ1n) is 13.3. The van der Waals surface area contributed by atoms with Crippen LogP contribution < -0.4 is 21.1 Å². The van der Waals surface area contributed by atoms with E-state index in [1.54, 1.807) is 40.1 Å². The summed E-state index contributed by atoms with van der Waals surface area (Å²) < 4.78 is 3.24. The highest BCUT2D eigenvalue weighted by molar-refractivity contribution is 5.77. The Morgan fingerprint density at radius 2 is 1.75 bits per heavy atom. The molecule has 11 nitrogen and oxygen atoms in total. The summed E-state index contributed by atoms with van der Waals surface area (Å²) in [6.07, 6.45) is 6.55. The summed E-state index contributed by atoms with van der Waals surface area (Å²) in [6, 6.07) is 15.6. The van der Waals surface area contributed by atoms with E-state index in [2.05, 4.69) is 49.2 Å². The number of aromatic nitrogens is 7. The van der Waals surface area contributed by atoms with E-state index in [1.807, 2.05) is 30.3 Å². The van der Waals surface area contributed by atoms with Crippen molar-refractivity contribution in [3.8, 4) is 17.3 Å². The number of pyridine rings is 1. The van der Waals surface area contributed by atoms with Crippen LogP contribution in [0.1, 0.15) is 0 Å². The summed E-state index contributed by atoms with van der Waals surface area (Å²) in [7, 11) is 0. The van der Waals surface area contributed by atoms with Crippen molar-refractivity contribution < 1.29 is 0 Å². The molecule has 0 radical (unpaired) electrons. The van der Waals surface area contributed by atoms with Crippen LogP contribution in [0.5, 0.6) is 0 Å². The molecule has 2 fully saturated rings. The lowest BCUT2D eigenvalue weighted by molar-refractivity contribution is 0.533. The van der Waals surface area contributed by atoms with Crippen molar-refractivity contribution in [2.45, 2.75) is 6.54 Å². The minimum atomic E-state index is -0.223. The van der Waals surface area contributed by atoms with Crippen LogP contribution in [0.15, 0.2) is 84.6 Å². The number of nitrogens with zero attached hydrogens (tertiary/aromatic N) is 8. The molecule has 0 bridgehead atoms. The second-order valence-electron chi connectivity index (χ2n) is 10.1. The first kappa shape index (κ1) is 24.2. The summed E-state index contributed by atoms with van der Waals surface area (Å²) >= 11 is 0. The van der Waals surface area contributed by atoms with Gasteiger partial charge in [-0.1, -0.05) is 12.1 Å². The highest BCUT2D eigenvalue weighted by Crippen LogP contribution is 2.31. The Morgan fingerprint density at radius 1 is 0.975 bits per heavy atom. The summed E-state index contributed by atoms with van der Waals surface area (Å²) in [5.74, 6) is 2.86. The molecule has 200 valence electrons. The molecule has 2 N–H and O–H groups in total. The third-order valence-electron chi connectivity index (χ3n) is 7.60. The molecule has 5 aromatic rings. The summed E-state index contributed by atoms with van der Waals surface area (Å²) in [6.45, 7) is 8.51. The second kappa shape index (κ2) is 10.0. The van der Waals surface area contributed by atoms with Crippen molar-refractivity contribution in [2.75, 3.05) is 36.4 Å². The molecule has 2 aliphatic rings. The first-order chi connectivity index (χ1) is 19.7. The zero-order chi connectivity index (χ0) is 27.1. The molecule has 0 amide bonds. The van der Waals surface area contributed by atoms with Gasteiger partial charge in [0.15, 0.2) is 17.3 Å². The van der Waals surface area contributed by atoms with E-state index in [0.717, 1.165) is 43.7 Å². The van der Waals surface area contributed by atoms with Crippen molar-refractivity contribution in [3.63, 3.8) is 0 Å². The standard InChI is InChI=1S/C29H28N10O/c1-2-13-38-28(40)23-16-33-29(34-21-7-9-22(10-8-21)37-17-19-14-30-15-20(19)18-37)36-27(23)39(38)25-6-3-5-24(35-25)26-31-11-4-12-32-26/h2-12,16,19-20,30H,1,13-15,17-18H2,(H,33,34,36). The fraction of sp³-hybridized carbons (Fsp3) is 0.241. The molecule has 2 unspecified atom stereocenters. The maximum Gasteiger partial charge on any atom is 0.278 e. The molecule has 11 heteroatoms. The number of fused-ring (bicyclic) bond motifs is 2. The Balaban J connectivity index is 1.22. The molecule has 0 spiro atoms. The molecule has 2 aliphatic heterocycles. The second-order valence-corrected chi connectivity index (χ2v) is 10.1. The lowest BCUT2D eigenvalue weighted by Gasteiger charge is -2.20. The van der Waals surface area contributed by atoms with E-state index in [9.17, 15) is 4.79 Å². The average molecular weight is 533 g/mol. The number of nitrogens with one attached hydrogen (secondary N) is 2. The fourth-order valence-electron chi connectivity index (χ4n) is 5.66. The van der Waals surface area contributed by atoms with Crippen LogP contribution >= 0.6 is 0 Å². The number of hydrogen-bond donors (Lipinski definition) is 2. The SMILES string of the molecule is C=CCn1c(=O)c2cnc(Nc3ccc(N4CC5CNCC5C4)cc3)nc2n1-c1cccc(-c2ncccn2)n1. The third kappa shape index (κ3) is 4.30. The minimum Gasteiger partial charge on any atom is -0.371 e. The Labute approximate surface area is 230 Å². The van der Waals surface area contributed by atoms with Gasteiger partial charge in [-0.05, 0) is 54.3 Å². The van der Waals surface area contributed by atoms with Crippen LogP contribution in [-0.4, -0.2) is 60.5 Å². The van der Waals surface area contributed by atoms with Crippen molar-refractivity contribution in [1.29, 1.82) is 0 Å². The smallest absolute Gasteiger partial charge is 0.278 e. The van der Waals surface area contributed by atoms with Gasteiger partial charge in [-0.25, -0.2) is 29.3 Å². The van der Waals surface area contributed by atoms with Crippen LogP contribution in [0, 0.1) is 11.8 Å². The lowest BCUT2D eigenvalue weighted by Crippen LogP contribution is -2.25. The molecule has 6 heterocycles. The van der Waals surface area contributed by atoms with Crippen molar-refractivity contribution in [2.24, 2.45) is 11.8 Å². The zero-order valence-corrected chi connectivity index (χ0v) is 21.8. The topological polar surface area (TPSA) is 119 Å². The van der Waals surface area contributed by atoms with Crippen LogP contribution in [0.3, 0.4) is 0 Å². The Hall–Kier alpha value is -4.90. The Morgan fingerprint density at radius 3 is 2.50 bits per heavy atom. The molecule has 2 atom stereocenters. The number of anilines is 3. The van der Waals surface area contributed by atoms with E-state index < -0.39 is 0 Å². The molecule has 0 saturated carbocycles. The van der Waals surface area contributed by atoms with Crippen molar-refractivity contribution in [1.82, 2.24) is 39.6 Å². The predicted molar refractivity (Wildman–Crippen MR) is 154 cm³/mol. The van der Waals surface area contributed by atoms with Gasteiger partial charge in [-0.3, -0.25) is 4.79 Å². The fourth-order valence-corrected chi connectivity index (χ4v) is 5.66. The molecule has 0 aliphatic carbocycles. The van der Waals surface area contributed by atoms with E-state index >= 15 is 0 Å². The van der Waals surface area contributed by atoms with Gasteiger partial charge in [-0.15, -0.1) is 6.58 Å². The van der Waals surface area contributed by atoms with Gasteiger partial charge < -0.3 is 15.5 Å². The number of allylic oxidation sites excluding steroid dienone is 1. The lowest BCUT2D eigenvalue weighted by atomic mass is 10.0. The van der Waals surface area contributed by atoms with Crippen LogP contribution in [0.4, 0.5) is 17.3 Å². The minimum absolute atomic E-state index is 0.223. The van der Waals surface area contributed by atoms with Gasteiger partial charge in [0.05, 0.1) is 6.54 Å². The molecular weight excluding hydrogens is 504 g/mol. The largest absolute Gasteiger partial charge is 0.371 e. The number of rotatable bonds is 7. The molecule has 40 heavy (non-hydrogen) atoms. The molecule has 1 aromatic carbocycles. The summed E-state index contributed by atoms with van der Waals surface area (Å²) in [5, 5.41) is 7.18. The predicted octanol–water partition coefficient (Wildman–Crippen LogP) is 3.02. The van der Waals surface area contributed by atoms with E-state index in [0.29, 0.717) is 34.3 Å². The zero-order valence-electron chi connectivity index (χ0n) is 21.8. The molecular formula is C29H28N10O. The van der Waals surface area contributed by atoms with Crippen molar-refractivity contribution in [3.05, 3.63) is 90.1 Å². The van der Waals surface area contributed by atoms with E-state index in [-0.39, 0.29) is 12.1 Å². The maximum atomic E-state index is 13.3. The van der Waals surface area contributed by atoms with Crippen molar-refractivity contribution >= 4 is 28.4 Å². The number of hydrogen-bond acceptors (Lipinski definition) is 9. The Bertz CT molecular complexity index is 1730. The van der Waals surface area contributed by atoms with Crippen LogP contribution in [0.25, 0.3) is 28.4 Å². The van der Waals surface area contributed by atoms with Gasteiger partial charge in [0.25, 0.3) is 5.56 Å². The highest BCUT2D eigenvalue weighted by Gasteiger charge is 2.36. The van der Waals surface area contributed by atoms with Crippen LogP contribution in [0.2, 0.25) is 0 Å². The Kier molecular flexibility index (Phi) is 6.05. The van der Waals surface area contributed by atoms with E-state index in [1.165, 1.54) is 5.69 Å².